The minimum atomic E-state index is -4.56. The van der Waals surface area contributed by atoms with Gasteiger partial charge in [-0.1, -0.05) is 43.0 Å². The zero-order chi connectivity index (χ0) is 24.7. The van der Waals surface area contributed by atoms with Crippen molar-refractivity contribution in [3.05, 3.63) is 84.6 Å². The Morgan fingerprint density at radius 3 is 2.32 bits per heavy atom. The molecule has 4 rings (SSSR count). The summed E-state index contributed by atoms with van der Waals surface area (Å²) in [6.45, 7) is 3.40. The molecule has 3 N–H and O–H groups in total. The van der Waals surface area contributed by atoms with Gasteiger partial charge in [-0.2, -0.15) is 13.2 Å². The Morgan fingerprint density at radius 1 is 0.971 bits per heavy atom. The second kappa shape index (κ2) is 8.77. The van der Waals surface area contributed by atoms with Gasteiger partial charge in [0.25, 0.3) is 10.0 Å². The number of aromatic hydroxyl groups is 1. The van der Waals surface area contributed by atoms with Crippen molar-refractivity contribution in [3.63, 3.8) is 0 Å². The maximum absolute atomic E-state index is 13.2. The lowest BCUT2D eigenvalue weighted by Gasteiger charge is -2.15. The van der Waals surface area contributed by atoms with Crippen LogP contribution in [0.3, 0.4) is 0 Å². The van der Waals surface area contributed by atoms with Crippen molar-refractivity contribution in [3.8, 4) is 5.75 Å². The zero-order valence-electron chi connectivity index (χ0n) is 17.4. The number of aliphatic hydroxyl groups excluding tert-OH is 1. The summed E-state index contributed by atoms with van der Waals surface area (Å²) in [5.41, 5.74) is -0.706. The van der Waals surface area contributed by atoms with Gasteiger partial charge in [0.05, 0.1) is 32.6 Å². The highest BCUT2D eigenvalue weighted by atomic mass is 32.2. The van der Waals surface area contributed by atoms with Gasteiger partial charge < -0.3 is 10.2 Å². The molecule has 0 aliphatic heterocycles. The monoisotopic (exact) mass is 505 g/mol. The summed E-state index contributed by atoms with van der Waals surface area (Å²) in [6.07, 6.45) is -4.56. The molecule has 4 aromatic carbocycles. The Morgan fingerprint density at radius 2 is 1.65 bits per heavy atom. The van der Waals surface area contributed by atoms with Gasteiger partial charge in [-0.25, -0.2) is 8.42 Å². The maximum Gasteiger partial charge on any atom is 0.416 e. The first-order valence-corrected chi connectivity index (χ1v) is 12.3. The minimum absolute atomic E-state index is 0.0739. The Balaban J connectivity index is 1.78. The summed E-state index contributed by atoms with van der Waals surface area (Å²) < 4.78 is 68.1. The van der Waals surface area contributed by atoms with Gasteiger partial charge in [-0.3, -0.25) is 4.72 Å². The van der Waals surface area contributed by atoms with Crippen molar-refractivity contribution in [2.45, 2.75) is 16.0 Å². The predicted octanol–water partition coefficient (Wildman–Crippen LogP) is 6.68. The van der Waals surface area contributed by atoms with Crippen molar-refractivity contribution in [1.82, 2.24) is 0 Å². The zero-order valence-corrected chi connectivity index (χ0v) is 19.1. The van der Waals surface area contributed by atoms with Crippen molar-refractivity contribution in [1.29, 1.82) is 0 Å². The molecule has 0 saturated carbocycles. The number of fused-ring (bicyclic) bond motifs is 2. The molecule has 0 atom stereocenters. The number of thioether (sulfide) groups is 1. The highest BCUT2D eigenvalue weighted by molar-refractivity contribution is 7.99. The third-order valence-electron chi connectivity index (χ3n) is 5.07. The molecule has 5 nitrogen and oxygen atoms in total. The summed E-state index contributed by atoms with van der Waals surface area (Å²) >= 11 is 1.07. The first kappa shape index (κ1) is 23.8. The van der Waals surface area contributed by atoms with Gasteiger partial charge in [-0.05, 0) is 41.1 Å². The Kier molecular flexibility index (Phi) is 6.13. The van der Waals surface area contributed by atoms with Gasteiger partial charge in [0.2, 0.25) is 0 Å². The summed E-state index contributed by atoms with van der Waals surface area (Å²) in [5.74, 6) is -0.103. The van der Waals surface area contributed by atoms with Gasteiger partial charge >= 0.3 is 6.18 Å². The number of sulfonamides is 1. The molecule has 0 aromatic heterocycles. The van der Waals surface area contributed by atoms with Crippen LogP contribution in [0.1, 0.15) is 5.56 Å². The number of halogens is 3. The SMILES string of the molecule is C=C(O)CSc1cc(NS(=O)(=O)c2ccc3ccc(C(F)(F)F)cc3c2)c2ccccc2c1O. The lowest BCUT2D eigenvalue weighted by Crippen LogP contribution is -2.13. The standard InChI is InChI=1S/C24H18F3NO4S2/c1-14(29)13-33-22-12-21(19-4-2-3-5-20(19)23(22)30)28-34(31,32)18-9-7-15-6-8-17(24(25,26)27)10-16(15)11-18/h2-12,28-30H,1,13H2. The Bertz CT molecular complexity index is 1530. The largest absolute Gasteiger partial charge is 0.512 e. The Hall–Kier alpha value is -3.37. The van der Waals surface area contributed by atoms with E-state index in [9.17, 15) is 31.8 Å². The van der Waals surface area contributed by atoms with Crippen LogP contribution in [0.25, 0.3) is 21.5 Å². The molecule has 0 spiro atoms. The predicted molar refractivity (Wildman–Crippen MR) is 128 cm³/mol. The van der Waals surface area contributed by atoms with Gasteiger partial charge in [-0.15, -0.1) is 11.8 Å². The number of alkyl halides is 3. The molecule has 0 amide bonds. The van der Waals surface area contributed by atoms with Crippen LogP contribution in [-0.2, 0) is 16.2 Å². The third kappa shape index (κ3) is 4.78. The molecule has 0 saturated heterocycles. The molecule has 0 heterocycles. The van der Waals surface area contributed by atoms with E-state index in [4.69, 9.17) is 0 Å². The van der Waals surface area contributed by atoms with Crippen LogP contribution in [0.2, 0.25) is 0 Å². The molecule has 10 heteroatoms. The van der Waals surface area contributed by atoms with Crippen molar-refractivity contribution in [2.75, 3.05) is 10.5 Å². The van der Waals surface area contributed by atoms with E-state index in [0.29, 0.717) is 21.1 Å². The normalized spacial score (nSPS) is 12.2. The van der Waals surface area contributed by atoms with E-state index in [1.807, 2.05) is 0 Å². The van der Waals surface area contributed by atoms with E-state index in [0.717, 1.165) is 23.9 Å². The van der Waals surface area contributed by atoms with E-state index in [1.165, 1.54) is 30.3 Å². The number of nitrogens with one attached hydrogen (secondary N) is 1. The molecule has 176 valence electrons. The number of phenols is 1. The highest BCUT2D eigenvalue weighted by Gasteiger charge is 2.30. The van der Waals surface area contributed by atoms with Crippen LogP contribution >= 0.6 is 11.8 Å². The third-order valence-corrected chi connectivity index (χ3v) is 7.53. The van der Waals surface area contributed by atoms with Gasteiger partial charge in [0.15, 0.2) is 0 Å². The molecule has 0 bridgehead atoms. The van der Waals surface area contributed by atoms with Crippen molar-refractivity contribution >= 4 is 49.0 Å². The van der Waals surface area contributed by atoms with Crippen LogP contribution in [0.5, 0.6) is 5.75 Å². The minimum Gasteiger partial charge on any atom is -0.512 e. The number of hydrogen-bond acceptors (Lipinski definition) is 5. The molecular formula is C24H18F3NO4S2. The fourth-order valence-corrected chi connectivity index (χ4v) is 5.34. The van der Waals surface area contributed by atoms with Gasteiger partial charge in [0, 0.05) is 10.8 Å². The van der Waals surface area contributed by atoms with Crippen LogP contribution in [0.4, 0.5) is 18.9 Å². The first-order valence-electron chi connectivity index (χ1n) is 9.84. The molecular weight excluding hydrogens is 487 g/mol. The number of anilines is 1. The number of rotatable bonds is 6. The number of hydrogen-bond donors (Lipinski definition) is 3. The van der Waals surface area contributed by atoms with Crippen LogP contribution in [0, 0.1) is 0 Å². The lowest BCUT2D eigenvalue weighted by atomic mass is 10.1. The second-order valence-corrected chi connectivity index (χ2v) is 10.2. The summed E-state index contributed by atoms with van der Waals surface area (Å²) in [4.78, 5) is 0.106. The fourth-order valence-electron chi connectivity index (χ4n) is 3.46. The summed E-state index contributed by atoms with van der Waals surface area (Å²) in [7, 11) is -4.19. The molecule has 0 aliphatic carbocycles. The number of aliphatic hydroxyl groups is 1. The topological polar surface area (TPSA) is 86.6 Å². The number of phenolic OH excluding ortho intramolecular Hbond substituents is 1. The van der Waals surface area contributed by atoms with E-state index in [2.05, 4.69) is 11.3 Å². The maximum atomic E-state index is 13.2. The van der Waals surface area contributed by atoms with E-state index in [1.54, 1.807) is 24.3 Å². The lowest BCUT2D eigenvalue weighted by molar-refractivity contribution is -0.137. The Labute approximate surface area is 197 Å². The van der Waals surface area contributed by atoms with Gasteiger partial charge in [0.1, 0.15) is 5.75 Å². The van der Waals surface area contributed by atoms with E-state index < -0.39 is 21.8 Å². The molecule has 0 unspecified atom stereocenters. The molecule has 0 aliphatic rings. The molecule has 4 aromatic rings. The van der Waals surface area contributed by atoms with Crippen LogP contribution in [0.15, 0.2) is 88.9 Å². The molecule has 0 fully saturated rings. The molecule has 0 radical (unpaired) electrons. The average Bonchev–Trinajstić information content (AvgIpc) is 2.78. The van der Waals surface area contributed by atoms with Crippen molar-refractivity contribution < 1.29 is 31.8 Å². The highest BCUT2D eigenvalue weighted by Crippen LogP contribution is 2.41. The quantitative estimate of drug-likeness (QED) is 0.155. The van der Waals surface area contributed by atoms with Crippen LogP contribution < -0.4 is 4.72 Å². The van der Waals surface area contributed by atoms with E-state index >= 15 is 0 Å². The second-order valence-electron chi connectivity index (χ2n) is 7.50. The fraction of sp³-hybridized carbons (Fsp3) is 0.0833. The smallest absolute Gasteiger partial charge is 0.416 e. The average molecular weight is 506 g/mol. The van der Waals surface area contributed by atoms with Crippen LogP contribution in [-0.4, -0.2) is 24.4 Å². The summed E-state index contributed by atoms with van der Waals surface area (Å²) in [6, 6.07) is 15.1. The number of benzene rings is 4. The molecule has 34 heavy (non-hydrogen) atoms. The van der Waals surface area contributed by atoms with Crippen molar-refractivity contribution in [2.24, 2.45) is 0 Å². The first-order chi connectivity index (χ1) is 16.0. The van der Waals surface area contributed by atoms with E-state index in [-0.39, 0.29) is 33.2 Å². The summed E-state index contributed by atoms with van der Waals surface area (Å²) in [5, 5.41) is 21.4.